The van der Waals surface area contributed by atoms with Crippen LogP contribution in [0.25, 0.3) is 32.7 Å². The minimum absolute atomic E-state index is 0.126. The van der Waals surface area contributed by atoms with Crippen LogP contribution in [0.5, 0.6) is 0 Å². The molecule has 6 heteroatoms. The summed E-state index contributed by atoms with van der Waals surface area (Å²) >= 11 is 0. The van der Waals surface area contributed by atoms with E-state index in [2.05, 4.69) is 90.3 Å². The standard InChI is InChI=1S/C40H48N2O4/c1-37(2)21-25(22-38(3,4)41-37)45-35(43)33-19-11-15-29-27(13-9-17-31(29)33)28-14-10-18-32-30(28)16-12-20-34(32)36(44)46-26-23-39(5,6)42-40(7,8)24-26/h9-20,25-26,41-42H,21-24H2,1-8H3. The van der Waals surface area contributed by atoms with Gasteiger partial charge in [0.1, 0.15) is 12.2 Å². The van der Waals surface area contributed by atoms with Crippen molar-refractivity contribution in [3.63, 3.8) is 0 Å². The SMILES string of the molecule is CC1(C)CC(OC(=O)c2cccc3c(-c4cccc5c(C(=O)OC6CC(C)(C)NC(C)(C)C6)cccc45)cccc23)CC(C)(C)N1. The highest BCUT2D eigenvalue weighted by Gasteiger charge is 2.40. The second kappa shape index (κ2) is 11.5. The number of carbonyl (C=O) groups excluding carboxylic acids is 2. The Morgan fingerprint density at radius 2 is 0.804 bits per heavy atom. The summed E-state index contributed by atoms with van der Waals surface area (Å²) in [6.07, 6.45) is 2.68. The van der Waals surface area contributed by atoms with Gasteiger partial charge in [-0.1, -0.05) is 60.7 Å². The maximum atomic E-state index is 13.7. The fraction of sp³-hybridized carbons (Fsp3) is 0.450. The fourth-order valence-electron chi connectivity index (χ4n) is 8.50. The van der Waals surface area contributed by atoms with Crippen LogP contribution in [-0.4, -0.2) is 46.3 Å². The smallest absolute Gasteiger partial charge is 0.339 e. The first-order valence-electron chi connectivity index (χ1n) is 16.6. The molecule has 4 aromatic rings. The van der Waals surface area contributed by atoms with E-state index in [9.17, 15) is 9.59 Å². The highest BCUT2D eigenvalue weighted by atomic mass is 16.5. The average molecular weight is 621 g/mol. The van der Waals surface area contributed by atoms with Crippen molar-refractivity contribution in [2.24, 2.45) is 0 Å². The zero-order valence-electron chi connectivity index (χ0n) is 28.5. The van der Waals surface area contributed by atoms with E-state index in [1.54, 1.807) is 0 Å². The van der Waals surface area contributed by atoms with Gasteiger partial charge in [0.15, 0.2) is 0 Å². The quantitative estimate of drug-likeness (QED) is 0.218. The maximum Gasteiger partial charge on any atom is 0.339 e. The normalized spacial score (nSPS) is 20.8. The van der Waals surface area contributed by atoms with E-state index in [-0.39, 0.29) is 46.3 Å². The van der Waals surface area contributed by atoms with Crippen molar-refractivity contribution in [1.29, 1.82) is 0 Å². The van der Waals surface area contributed by atoms with Crippen molar-refractivity contribution in [1.82, 2.24) is 10.6 Å². The average Bonchev–Trinajstić information content (AvgIpc) is 2.92. The third kappa shape index (κ3) is 6.70. The Kier molecular flexibility index (Phi) is 8.05. The summed E-state index contributed by atoms with van der Waals surface area (Å²) in [6.45, 7) is 17.2. The molecule has 2 N–H and O–H groups in total. The number of fused-ring (bicyclic) bond motifs is 2. The molecule has 0 radical (unpaired) electrons. The predicted molar refractivity (Wildman–Crippen MR) is 186 cm³/mol. The molecule has 2 saturated heterocycles. The molecule has 0 spiro atoms. The molecule has 0 unspecified atom stereocenters. The lowest BCUT2D eigenvalue weighted by molar-refractivity contribution is -0.00748. The summed E-state index contributed by atoms with van der Waals surface area (Å²) in [4.78, 5) is 27.3. The van der Waals surface area contributed by atoms with Crippen LogP contribution in [0.2, 0.25) is 0 Å². The third-order valence-electron chi connectivity index (χ3n) is 9.43. The molecule has 0 aliphatic carbocycles. The molecule has 6 rings (SSSR count). The van der Waals surface area contributed by atoms with Gasteiger partial charge in [0.05, 0.1) is 11.1 Å². The number of hydrogen-bond acceptors (Lipinski definition) is 6. The van der Waals surface area contributed by atoms with Crippen molar-refractivity contribution in [3.05, 3.63) is 83.9 Å². The Hall–Kier alpha value is -3.74. The number of benzene rings is 4. The van der Waals surface area contributed by atoms with E-state index in [1.807, 2.05) is 48.5 Å². The Labute approximate surface area is 273 Å². The summed E-state index contributed by atoms with van der Waals surface area (Å²) < 4.78 is 12.3. The van der Waals surface area contributed by atoms with Crippen molar-refractivity contribution >= 4 is 33.5 Å². The Morgan fingerprint density at radius 3 is 1.15 bits per heavy atom. The van der Waals surface area contributed by atoms with E-state index in [0.29, 0.717) is 11.1 Å². The highest BCUT2D eigenvalue weighted by Crippen LogP contribution is 2.38. The first-order chi connectivity index (χ1) is 21.5. The molecule has 6 nitrogen and oxygen atoms in total. The van der Waals surface area contributed by atoms with Gasteiger partial charge in [-0.25, -0.2) is 9.59 Å². The molecule has 2 heterocycles. The van der Waals surface area contributed by atoms with E-state index < -0.39 is 0 Å². The van der Waals surface area contributed by atoms with Crippen LogP contribution in [0.4, 0.5) is 0 Å². The van der Waals surface area contributed by atoms with Gasteiger partial charge in [-0.15, -0.1) is 0 Å². The minimum atomic E-state index is -0.298. The number of carbonyl (C=O) groups is 2. The predicted octanol–water partition coefficient (Wildman–Crippen LogP) is 8.59. The summed E-state index contributed by atoms with van der Waals surface area (Å²) in [5, 5.41) is 10.9. The number of piperidine rings is 2. The molecule has 2 fully saturated rings. The van der Waals surface area contributed by atoms with Gasteiger partial charge >= 0.3 is 11.9 Å². The minimum Gasteiger partial charge on any atom is -0.459 e. The van der Waals surface area contributed by atoms with Crippen molar-refractivity contribution in [2.75, 3.05) is 0 Å². The molecule has 46 heavy (non-hydrogen) atoms. The van der Waals surface area contributed by atoms with Crippen LogP contribution in [-0.2, 0) is 9.47 Å². The largest absolute Gasteiger partial charge is 0.459 e. The molecule has 4 aromatic carbocycles. The van der Waals surface area contributed by atoms with Gasteiger partial charge in [-0.3, -0.25) is 0 Å². The topological polar surface area (TPSA) is 76.7 Å². The van der Waals surface area contributed by atoms with E-state index in [4.69, 9.17) is 9.47 Å². The third-order valence-corrected chi connectivity index (χ3v) is 9.43. The Morgan fingerprint density at radius 1 is 0.500 bits per heavy atom. The molecule has 0 aromatic heterocycles. The van der Waals surface area contributed by atoms with Crippen LogP contribution < -0.4 is 10.6 Å². The zero-order chi connectivity index (χ0) is 33.1. The number of hydrogen-bond donors (Lipinski definition) is 2. The lowest BCUT2D eigenvalue weighted by Gasteiger charge is -2.46. The van der Waals surface area contributed by atoms with Crippen molar-refractivity contribution in [2.45, 2.75) is 115 Å². The first kappa shape index (κ1) is 32.2. The lowest BCUT2D eigenvalue weighted by atomic mass is 9.81. The number of nitrogens with one attached hydrogen (secondary N) is 2. The number of ether oxygens (including phenoxy) is 2. The van der Waals surface area contributed by atoms with Crippen molar-refractivity contribution < 1.29 is 19.1 Å². The van der Waals surface area contributed by atoms with Gasteiger partial charge in [0, 0.05) is 47.8 Å². The molecular formula is C40H48N2O4. The summed E-state index contributed by atoms with van der Waals surface area (Å²) in [5.74, 6) is -0.595. The Bertz CT molecular complexity index is 1650. The molecule has 0 bridgehead atoms. The van der Waals surface area contributed by atoms with E-state index in [1.165, 1.54) is 0 Å². The van der Waals surface area contributed by atoms with Gasteiger partial charge < -0.3 is 20.1 Å². The molecule has 0 atom stereocenters. The van der Waals surface area contributed by atoms with Crippen LogP contribution in [0.15, 0.2) is 72.8 Å². The summed E-state index contributed by atoms with van der Waals surface area (Å²) in [5.41, 5.74) is 2.61. The van der Waals surface area contributed by atoms with Crippen LogP contribution >= 0.6 is 0 Å². The highest BCUT2D eigenvalue weighted by molar-refractivity contribution is 6.14. The molecule has 2 aliphatic rings. The van der Waals surface area contributed by atoms with Crippen molar-refractivity contribution in [3.8, 4) is 11.1 Å². The van der Waals surface area contributed by atoms with Crippen LogP contribution in [0.3, 0.4) is 0 Å². The first-order valence-corrected chi connectivity index (χ1v) is 16.6. The van der Waals surface area contributed by atoms with Crippen LogP contribution in [0, 0.1) is 0 Å². The Balaban J connectivity index is 1.33. The van der Waals surface area contributed by atoms with Gasteiger partial charge in [-0.05, 0) is 100 Å². The van der Waals surface area contributed by atoms with Crippen LogP contribution in [0.1, 0.15) is 102 Å². The summed E-state index contributed by atoms with van der Waals surface area (Å²) in [7, 11) is 0. The van der Waals surface area contributed by atoms with Gasteiger partial charge in [0.2, 0.25) is 0 Å². The molecule has 0 amide bonds. The monoisotopic (exact) mass is 620 g/mol. The second-order valence-electron chi connectivity index (χ2n) is 16.1. The molecule has 242 valence electrons. The second-order valence-corrected chi connectivity index (χ2v) is 16.1. The van der Waals surface area contributed by atoms with E-state index >= 15 is 0 Å². The number of esters is 2. The molecule has 2 aliphatic heterocycles. The fourth-order valence-corrected chi connectivity index (χ4v) is 8.50. The molecular weight excluding hydrogens is 572 g/mol. The van der Waals surface area contributed by atoms with Gasteiger partial charge in [-0.2, -0.15) is 0 Å². The van der Waals surface area contributed by atoms with Gasteiger partial charge in [0.25, 0.3) is 0 Å². The van der Waals surface area contributed by atoms with E-state index in [0.717, 1.165) is 58.4 Å². The maximum absolute atomic E-state index is 13.7. The lowest BCUT2D eigenvalue weighted by Crippen LogP contribution is -2.59. The zero-order valence-corrected chi connectivity index (χ0v) is 28.5. The molecule has 0 saturated carbocycles. The summed E-state index contributed by atoms with van der Waals surface area (Å²) in [6, 6.07) is 23.8. The number of rotatable bonds is 5.